The van der Waals surface area contributed by atoms with Gasteiger partial charge in [-0.05, 0) is 36.4 Å². The number of amides is 1. The lowest BCUT2D eigenvalue weighted by Crippen LogP contribution is -2.33. The van der Waals surface area contributed by atoms with Gasteiger partial charge in [-0.2, -0.15) is 18.3 Å². The van der Waals surface area contributed by atoms with E-state index >= 15 is 0 Å². The van der Waals surface area contributed by atoms with Gasteiger partial charge in [-0.25, -0.2) is 9.07 Å². The van der Waals surface area contributed by atoms with Crippen molar-refractivity contribution in [1.29, 1.82) is 0 Å². The van der Waals surface area contributed by atoms with Gasteiger partial charge in [0.25, 0.3) is 0 Å². The van der Waals surface area contributed by atoms with Gasteiger partial charge in [0.1, 0.15) is 23.8 Å². The molecule has 0 unspecified atom stereocenters. The molecule has 0 aliphatic carbocycles. The zero-order valence-corrected chi connectivity index (χ0v) is 18.7. The van der Waals surface area contributed by atoms with Crippen molar-refractivity contribution in [2.24, 2.45) is 0 Å². The molecule has 1 heterocycles. The van der Waals surface area contributed by atoms with Gasteiger partial charge >= 0.3 is 6.18 Å². The third-order valence-corrected chi connectivity index (χ3v) is 5.17. The van der Waals surface area contributed by atoms with Crippen LogP contribution in [0.4, 0.5) is 23.2 Å². The minimum absolute atomic E-state index is 0.130. The van der Waals surface area contributed by atoms with Crippen molar-refractivity contribution in [3.8, 4) is 17.0 Å². The summed E-state index contributed by atoms with van der Waals surface area (Å²) in [6.07, 6.45) is -4.85. The second kappa shape index (κ2) is 10.3. The molecule has 3 rings (SSSR count). The number of anilines is 1. The molecule has 0 saturated heterocycles. The van der Waals surface area contributed by atoms with Crippen LogP contribution in [0.3, 0.4) is 0 Å². The number of hydrogen-bond acceptors (Lipinski definition) is 4. The van der Waals surface area contributed by atoms with Crippen molar-refractivity contribution in [2.75, 3.05) is 25.5 Å². The van der Waals surface area contributed by atoms with Crippen molar-refractivity contribution in [3.05, 3.63) is 64.0 Å². The Bertz CT molecular complexity index is 1130. The molecule has 0 bridgehead atoms. The maximum absolute atomic E-state index is 13.6. The Morgan fingerprint density at radius 3 is 2.45 bits per heavy atom. The Hall–Kier alpha value is -2.98. The molecule has 0 fully saturated rings. The summed E-state index contributed by atoms with van der Waals surface area (Å²) >= 11 is 11.9. The van der Waals surface area contributed by atoms with Crippen LogP contribution in [-0.2, 0) is 17.5 Å². The molecule has 0 saturated carbocycles. The van der Waals surface area contributed by atoms with Crippen LogP contribution in [0.2, 0.25) is 10.0 Å². The van der Waals surface area contributed by atoms with E-state index < -0.39 is 35.2 Å². The number of aromatic nitrogens is 2. The number of nitrogens with one attached hydrogen (secondary N) is 2. The third-order valence-electron chi connectivity index (χ3n) is 4.50. The van der Waals surface area contributed by atoms with Gasteiger partial charge in [0.15, 0.2) is 5.69 Å². The number of alkyl halides is 3. The fraction of sp³-hybridized carbons (Fsp3) is 0.238. The van der Waals surface area contributed by atoms with E-state index in [1.807, 2.05) is 0 Å². The summed E-state index contributed by atoms with van der Waals surface area (Å²) in [7, 11) is 1.48. The van der Waals surface area contributed by atoms with Gasteiger partial charge in [0.05, 0.1) is 17.2 Å². The number of rotatable bonds is 8. The largest absolute Gasteiger partial charge is 0.495 e. The normalized spacial score (nSPS) is 11.4. The van der Waals surface area contributed by atoms with E-state index in [9.17, 15) is 22.4 Å². The van der Waals surface area contributed by atoms with Crippen molar-refractivity contribution < 1.29 is 27.1 Å². The van der Waals surface area contributed by atoms with Crippen LogP contribution in [-0.4, -0.2) is 35.9 Å². The minimum atomic E-state index is -4.85. The van der Waals surface area contributed by atoms with Crippen molar-refractivity contribution in [1.82, 2.24) is 15.1 Å². The molecule has 0 aliphatic heterocycles. The standard InChI is InChI=1S/C21H18Cl2F4N4O2/c1-33-16-10-14(6-7-15(16)22)28-8-9-29-17(32)11-31-20(21(25,26)27)18(23)19(30-31)12-2-4-13(24)5-3-12/h2-7,10,28H,8-9,11H2,1H3,(H,29,32). The monoisotopic (exact) mass is 504 g/mol. The van der Waals surface area contributed by atoms with E-state index in [2.05, 4.69) is 15.7 Å². The molecule has 2 N–H and O–H groups in total. The van der Waals surface area contributed by atoms with E-state index in [-0.39, 0.29) is 17.8 Å². The Morgan fingerprint density at radius 1 is 1.12 bits per heavy atom. The van der Waals surface area contributed by atoms with Crippen LogP contribution in [0.1, 0.15) is 5.69 Å². The Morgan fingerprint density at radius 2 is 1.82 bits per heavy atom. The minimum Gasteiger partial charge on any atom is -0.495 e. The Labute approximate surface area is 196 Å². The average Bonchev–Trinajstić information content (AvgIpc) is 3.08. The summed E-state index contributed by atoms with van der Waals surface area (Å²) in [6, 6.07) is 9.69. The number of benzene rings is 2. The molecule has 0 radical (unpaired) electrons. The zero-order chi connectivity index (χ0) is 24.2. The van der Waals surface area contributed by atoms with E-state index in [0.29, 0.717) is 27.7 Å². The van der Waals surface area contributed by atoms with Crippen LogP contribution in [0.15, 0.2) is 42.5 Å². The van der Waals surface area contributed by atoms with Crippen LogP contribution < -0.4 is 15.4 Å². The van der Waals surface area contributed by atoms with E-state index in [1.165, 1.54) is 19.2 Å². The molecule has 1 amide bonds. The van der Waals surface area contributed by atoms with Gasteiger partial charge in [-0.3, -0.25) is 4.79 Å². The van der Waals surface area contributed by atoms with Crippen LogP contribution >= 0.6 is 23.2 Å². The van der Waals surface area contributed by atoms with Crippen molar-refractivity contribution >= 4 is 34.8 Å². The van der Waals surface area contributed by atoms with Crippen LogP contribution in [0.25, 0.3) is 11.3 Å². The second-order valence-corrected chi connectivity index (χ2v) is 7.58. The van der Waals surface area contributed by atoms with Crippen molar-refractivity contribution in [2.45, 2.75) is 12.7 Å². The molecule has 12 heteroatoms. The number of methoxy groups -OCH3 is 1. The van der Waals surface area contributed by atoms with E-state index in [0.717, 1.165) is 12.1 Å². The summed E-state index contributed by atoms with van der Waals surface area (Å²) in [5.41, 5.74) is -0.582. The highest BCUT2D eigenvalue weighted by Crippen LogP contribution is 2.40. The summed E-state index contributed by atoms with van der Waals surface area (Å²) in [5, 5.41) is 9.18. The third kappa shape index (κ3) is 6.08. The zero-order valence-electron chi connectivity index (χ0n) is 17.1. The molecule has 0 atom stereocenters. The van der Waals surface area contributed by atoms with Crippen LogP contribution in [0.5, 0.6) is 5.75 Å². The molecule has 6 nitrogen and oxygen atoms in total. The fourth-order valence-electron chi connectivity index (χ4n) is 2.99. The molecule has 1 aromatic heterocycles. The predicted molar refractivity (Wildman–Crippen MR) is 117 cm³/mol. The molecule has 33 heavy (non-hydrogen) atoms. The highest BCUT2D eigenvalue weighted by molar-refractivity contribution is 6.33. The lowest BCUT2D eigenvalue weighted by molar-refractivity contribution is -0.144. The maximum Gasteiger partial charge on any atom is 0.434 e. The van der Waals surface area contributed by atoms with Gasteiger partial charge in [0, 0.05) is 30.4 Å². The first-order valence-electron chi connectivity index (χ1n) is 9.53. The molecule has 2 aromatic carbocycles. The highest BCUT2D eigenvalue weighted by Gasteiger charge is 2.40. The summed E-state index contributed by atoms with van der Waals surface area (Å²) in [4.78, 5) is 12.3. The number of halogens is 6. The number of ether oxygens (including phenoxy) is 1. The summed E-state index contributed by atoms with van der Waals surface area (Å²) in [6.45, 7) is -0.279. The first-order chi connectivity index (χ1) is 15.6. The number of nitrogens with zero attached hydrogens (tertiary/aromatic N) is 2. The molecule has 3 aromatic rings. The summed E-state index contributed by atoms with van der Waals surface area (Å²) in [5.74, 6) is -0.783. The van der Waals surface area contributed by atoms with Crippen molar-refractivity contribution in [3.63, 3.8) is 0 Å². The average molecular weight is 505 g/mol. The van der Waals surface area contributed by atoms with Crippen LogP contribution in [0, 0.1) is 5.82 Å². The lowest BCUT2D eigenvalue weighted by Gasteiger charge is -2.12. The number of hydrogen-bond donors (Lipinski definition) is 2. The molecule has 176 valence electrons. The lowest BCUT2D eigenvalue weighted by atomic mass is 10.1. The molecular formula is C21H18Cl2F4N4O2. The second-order valence-electron chi connectivity index (χ2n) is 6.80. The Kier molecular flexibility index (Phi) is 7.70. The Balaban J connectivity index is 1.66. The smallest absolute Gasteiger partial charge is 0.434 e. The SMILES string of the molecule is COc1cc(NCCNC(=O)Cn2nc(-c3ccc(F)cc3)c(Cl)c2C(F)(F)F)ccc1Cl. The first-order valence-corrected chi connectivity index (χ1v) is 10.3. The maximum atomic E-state index is 13.6. The quantitative estimate of drug-likeness (QED) is 0.324. The molecule has 0 spiro atoms. The highest BCUT2D eigenvalue weighted by atomic mass is 35.5. The molecule has 0 aliphatic rings. The van der Waals surface area contributed by atoms with Gasteiger partial charge < -0.3 is 15.4 Å². The first kappa shape index (κ1) is 24.7. The molecular weight excluding hydrogens is 487 g/mol. The topological polar surface area (TPSA) is 68.2 Å². The van der Waals surface area contributed by atoms with Gasteiger partial charge in [-0.15, -0.1) is 0 Å². The van der Waals surface area contributed by atoms with E-state index in [4.69, 9.17) is 27.9 Å². The van der Waals surface area contributed by atoms with Gasteiger partial charge in [0.2, 0.25) is 5.91 Å². The predicted octanol–water partition coefficient (Wildman–Crippen LogP) is 5.25. The van der Waals surface area contributed by atoms with Gasteiger partial charge in [-0.1, -0.05) is 23.2 Å². The summed E-state index contributed by atoms with van der Waals surface area (Å²) < 4.78 is 59.5. The number of carbonyl (C=O) groups excluding carboxylic acids is 1. The van der Waals surface area contributed by atoms with E-state index in [1.54, 1.807) is 18.2 Å². The fourth-order valence-corrected chi connectivity index (χ4v) is 3.53. The number of carbonyl (C=O) groups is 1.